The monoisotopic (exact) mass is 190 g/mol. The van der Waals surface area contributed by atoms with Crippen molar-refractivity contribution in [3.05, 3.63) is 41.7 Å². The molecule has 3 heteroatoms. The number of para-hydroxylation sites is 1. The van der Waals surface area contributed by atoms with Crippen molar-refractivity contribution in [1.29, 1.82) is 0 Å². The van der Waals surface area contributed by atoms with Gasteiger partial charge in [0, 0.05) is 6.42 Å². The van der Waals surface area contributed by atoms with E-state index >= 15 is 0 Å². The first-order valence-electron chi connectivity index (χ1n) is 4.40. The molecule has 0 aliphatic carbocycles. The van der Waals surface area contributed by atoms with E-state index in [0.29, 0.717) is 6.42 Å². The topological polar surface area (TPSA) is 46.5 Å². The second kappa shape index (κ2) is 3.54. The van der Waals surface area contributed by atoms with Gasteiger partial charge in [-0.1, -0.05) is 18.2 Å². The molecular formula is C11H10O3. The van der Waals surface area contributed by atoms with Crippen molar-refractivity contribution in [3.63, 3.8) is 0 Å². The van der Waals surface area contributed by atoms with Crippen LogP contribution in [0, 0.1) is 0 Å². The van der Waals surface area contributed by atoms with Gasteiger partial charge in [-0.3, -0.25) is 4.79 Å². The number of rotatable bonds is 2. The van der Waals surface area contributed by atoms with Gasteiger partial charge in [0.2, 0.25) is 0 Å². The summed E-state index contributed by atoms with van der Waals surface area (Å²) in [5.74, 6) is 0.000805. The summed E-state index contributed by atoms with van der Waals surface area (Å²) in [6.07, 6.45) is 2.26. The molecular weight excluding hydrogens is 180 g/mol. The number of carboxylic acid groups (broad SMARTS) is 1. The number of carbonyl (C=O) groups is 1. The van der Waals surface area contributed by atoms with Crippen molar-refractivity contribution in [2.45, 2.75) is 12.8 Å². The fraction of sp³-hybridized carbons (Fsp3) is 0.182. The van der Waals surface area contributed by atoms with Crippen LogP contribution in [-0.4, -0.2) is 11.1 Å². The van der Waals surface area contributed by atoms with Crippen molar-refractivity contribution >= 4 is 5.97 Å². The van der Waals surface area contributed by atoms with Gasteiger partial charge in [0.1, 0.15) is 5.75 Å². The molecule has 0 amide bonds. The van der Waals surface area contributed by atoms with Gasteiger partial charge < -0.3 is 9.84 Å². The Morgan fingerprint density at radius 2 is 2.21 bits per heavy atom. The highest BCUT2D eigenvalue weighted by Crippen LogP contribution is 2.26. The molecule has 0 aromatic heterocycles. The molecule has 0 radical (unpaired) electrons. The van der Waals surface area contributed by atoms with E-state index in [2.05, 4.69) is 0 Å². The molecule has 1 N–H and O–H groups in total. The quantitative estimate of drug-likeness (QED) is 0.775. The molecule has 0 fully saturated rings. The van der Waals surface area contributed by atoms with Gasteiger partial charge in [-0.2, -0.15) is 0 Å². The summed E-state index contributed by atoms with van der Waals surface area (Å²) < 4.78 is 5.31. The van der Waals surface area contributed by atoms with Crippen LogP contribution in [-0.2, 0) is 11.2 Å². The Bertz CT molecular complexity index is 393. The average Bonchev–Trinajstić information content (AvgIpc) is 2.17. The van der Waals surface area contributed by atoms with Crippen LogP contribution in [0.2, 0.25) is 0 Å². The van der Waals surface area contributed by atoms with Gasteiger partial charge in [0.05, 0.1) is 12.7 Å². The number of carboxylic acids is 1. The van der Waals surface area contributed by atoms with E-state index in [-0.39, 0.29) is 6.42 Å². The number of fused-ring (bicyclic) bond motifs is 1. The van der Waals surface area contributed by atoms with Crippen LogP contribution in [0.1, 0.15) is 12.0 Å². The summed E-state index contributed by atoms with van der Waals surface area (Å²) in [7, 11) is 0. The third-order valence-electron chi connectivity index (χ3n) is 2.12. The highest BCUT2D eigenvalue weighted by Gasteiger charge is 2.13. The molecule has 2 rings (SSSR count). The Hall–Kier alpha value is -1.77. The summed E-state index contributed by atoms with van der Waals surface area (Å²) in [6, 6.07) is 7.65. The predicted molar refractivity (Wildman–Crippen MR) is 51.1 cm³/mol. The summed E-state index contributed by atoms with van der Waals surface area (Å²) >= 11 is 0. The summed E-state index contributed by atoms with van der Waals surface area (Å²) in [5, 5.41) is 8.62. The van der Waals surface area contributed by atoms with Crippen LogP contribution in [0.3, 0.4) is 0 Å². The highest BCUT2D eigenvalue weighted by molar-refractivity contribution is 5.70. The average molecular weight is 190 g/mol. The zero-order valence-corrected chi connectivity index (χ0v) is 7.56. The van der Waals surface area contributed by atoms with Crippen LogP contribution in [0.4, 0.5) is 0 Å². The number of hydrogen-bond donors (Lipinski definition) is 1. The van der Waals surface area contributed by atoms with Crippen LogP contribution < -0.4 is 4.74 Å². The predicted octanol–water partition coefficient (Wildman–Crippen LogP) is 1.98. The third-order valence-corrected chi connectivity index (χ3v) is 2.12. The Balaban J connectivity index is 2.17. The highest BCUT2D eigenvalue weighted by atomic mass is 16.5. The zero-order chi connectivity index (χ0) is 9.97. The summed E-state index contributed by atoms with van der Waals surface area (Å²) in [5.41, 5.74) is 1.85. The maximum atomic E-state index is 10.5. The molecule has 1 aliphatic rings. The molecule has 0 saturated carbocycles. The lowest BCUT2D eigenvalue weighted by Crippen LogP contribution is -2.06. The lowest BCUT2D eigenvalue weighted by molar-refractivity contribution is -0.136. The van der Waals surface area contributed by atoms with Crippen LogP contribution in [0.5, 0.6) is 5.75 Å². The van der Waals surface area contributed by atoms with Crippen molar-refractivity contribution in [2.24, 2.45) is 0 Å². The molecule has 0 atom stereocenters. The lowest BCUT2D eigenvalue weighted by atomic mass is 10.0. The molecule has 1 heterocycles. The minimum absolute atomic E-state index is 0.0499. The van der Waals surface area contributed by atoms with Crippen LogP contribution in [0.25, 0.3) is 0 Å². The molecule has 0 bridgehead atoms. The fourth-order valence-corrected chi connectivity index (χ4v) is 1.50. The Morgan fingerprint density at radius 3 is 3.00 bits per heavy atom. The Morgan fingerprint density at radius 1 is 1.43 bits per heavy atom. The van der Waals surface area contributed by atoms with E-state index in [0.717, 1.165) is 16.9 Å². The van der Waals surface area contributed by atoms with Crippen molar-refractivity contribution in [1.82, 2.24) is 0 Å². The Kier molecular flexibility index (Phi) is 2.23. The fourth-order valence-electron chi connectivity index (χ4n) is 1.50. The number of hydrogen-bond acceptors (Lipinski definition) is 2. The second-order valence-corrected chi connectivity index (χ2v) is 3.25. The smallest absolute Gasteiger partial charge is 0.307 e. The van der Waals surface area contributed by atoms with Gasteiger partial charge in [-0.15, -0.1) is 0 Å². The van der Waals surface area contributed by atoms with E-state index < -0.39 is 5.97 Å². The van der Waals surface area contributed by atoms with Gasteiger partial charge in [-0.05, 0) is 17.2 Å². The molecule has 72 valence electrons. The van der Waals surface area contributed by atoms with E-state index in [1.165, 1.54) is 6.26 Å². The second-order valence-electron chi connectivity index (χ2n) is 3.25. The standard InChI is InChI=1S/C11H10O3/c12-11(13)6-8-5-9-3-1-2-4-10(9)14-7-8/h1-4,7H,5-6H2,(H,12,13). The molecule has 1 aromatic rings. The largest absolute Gasteiger partial charge is 0.481 e. The minimum atomic E-state index is -0.820. The van der Waals surface area contributed by atoms with Crippen LogP contribution >= 0.6 is 0 Å². The first-order chi connectivity index (χ1) is 6.75. The maximum absolute atomic E-state index is 10.5. The Labute approximate surface area is 81.6 Å². The van der Waals surface area contributed by atoms with E-state index in [1.54, 1.807) is 0 Å². The molecule has 0 unspecified atom stereocenters. The molecule has 0 spiro atoms. The maximum Gasteiger partial charge on any atom is 0.307 e. The summed E-state index contributed by atoms with van der Waals surface area (Å²) in [4.78, 5) is 10.5. The van der Waals surface area contributed by atoms with E-state index in [9.17, 15) is 4.79 Å². The lowest BCUT2D eigenvalue weighted by Gasteiger charge is -2.15. The van der Waals surface area contributed by atoms with E-state index in [1.807, 2.05) is 24.3 Å². The van der Waals surface area contributed by atoms with Crippen LogP contribution in [0.15, 0.2) is 36.1 Å². The first-order valence-corrected chi connectivity index (χ1v) is 4.40. The van der Waals surface area contributed by atoms with Gasteiger partial charge >= 0.3 is 5.97 Å². The normalized spacial score (nSPS) is 13.9. The molecule has 3 nitrogen and oxygen atoms in total. The van der Waals surface area contributed by atoms with Crippen molar-refractivity contribution in [2.75, 3.05) is 0 Å². The zero-order valence-electron chi connectivity index (χ0n) is 7.56. The molecule has 14 heavy (non-hydrogen) atoms. The summed E-state index contributed by atoms with van der Waals surface area (Å²) in [6.45, 7) is 0. The molecule has 1 aliphatic heterocycles. The van der Waals surface area contributed by atoms with Gasteiger partial charge in [-0.25, -0.2) is 0 Å². The van der Waals surface area contributed by atoms with Gasteiger partial charge in [0.25, 0.3) is 0 Å². The van der Waals surface area contributed by atoms with Crippen molar-refractivity contribution in [3.8, 4) is 5.75 Å². The third kappa shape index (κ3) is 1.76. The first kappa shape index (κ1) is 8.81. The van der Waals surface area contributed by atoms with Crippen molar-refractivity contribution < 1.29 is 14.6 Å². The number of benzene rings is 1. The number of ether oxygens (including phenoxy) is 1. The van der Waals surface area contributed by atoms with E-state index in [4.69, 9.17) is 9.84 Å². The van der Waals surface area contributed by atoms with Gasteiger partial charge in [0.15, 0.2) is 0 Å². The SMILES string of the molecule is O=C(O)CC1=COc2ccccc2C1. The minimum Gasteiger partial charge on any atom is -0.481 e. The number of aliphatic carboxylic acids is 1. The molecule has 1 aromatic carbocycles. The molecule has 0 saturated heterocycles.